The van der Waals surface area contributed by atoms with E-state index in [1.54, 1.807) is 7.11 Å². The van der Waals surface area contributed by atoms with Crippen LogP contribution in [0.2, 0.25) is 0 Å². The quantitative estimate of drug-likeness (QED) is 0.853. The number of aryl methyl sites for hydroxylation is 1. The summed E-state index contributed by atoms with van der Waals surface area (Å²) in [5.41, 5.74) is 3.04. The summed E-state index contributed by atoms with van der Waals surface area (Å²) in [5, 5.41) is 3.94. The molecule has 0 aromatic heterocycles. The molecule has 3 aliphatic rings. The van der Waals surface area contributed by atoms with Crippen LogP contribution in [0, 0.1) is 0 Å². The highest BCUT2D eigenvalue weighted by Crippen LogP contribution is 2.42. The van der Waals surface area contributed by atoms with Gasteiger partial charge in [0, 0.05) is 11.6 Å². The molecule has 0 amide bonds. The van der Waals surface area contributed by atoms with Crippen LogP contribution in [0.4, 0.5) is 0 Å². The van der Waals surface area contributed by atoms with Gasteiger partial charge in [-0.3, -0.25) is 0 Å². The average Bonchev–Trinajstić information content (AvgIpc) is 2.94. The van der Waals surface area contributed by atoms with Gasteiger partial charge in [0.15, 0.2) is 0 Å². The monoisotopic (exact) mass is 273 g/mol. The zero-order valence-electron chi connectivity index (χ0n) is 12.2. The predicted octanol–water partition coefficient (Wildman–Crippen LogP) is 2.98. The number of morpholine rings is 1. The lowest BCUT2D eigenvalue weighted by Crippen LogP contribution is -2.59. The first-order valence-corrected chi connectivity index (χ1v) is 7.86. The van der Waals surface area contributed by atoms with Crippen molar-refractivity contribution in [2.24, 2.45) is 0 Å². The van der Waals surface area contributed by atoms with Crippen molar-refractivity contribution in [2.75, 3.05) is 13.7 Å². The molecule has 4 rings (SSSR count). The molecule has 2 aliphatic carbocycles. The highest BCUT2D eigenvalue weighted by atomic mass is 16.5. The summed E-state index contributed by atoms with van der Waals surface area (Å²) in [4.78, 5) is 0. The molecule has 1 N–H and O–H groups in total. The molecule has 108 valence electrons. The van der Waals surface area contributed by atoms with Crippen molar-refractivity contribution >= 4 is 0 Å². The van der Waals surface area contributed by atoms with Gasteiger partial charge in [-0.1, -0.05) is 18.9 Å². The normalized spacial score (nSPS) is 30.9. The first kappa shape index (κ1) is 12.7. The summed E-state index contributed by atoms with van der Waals surface area (Å²) < 4.78 is 11.7. The van der Waals surface area contributed by atoms with E-state index in [1.807, 2.05) is 0 Å². The van der Waals surface area contributed by atoms with E-state index in [1.165, 1.54) is 43.2 Å². The second-order valence-corrected chi connectivity index (χ2v) is 6.57. The van der Waals surface area contributed by atoms with E-state index in [0.717, 1.165) is 18.8 Å². The van der Waals surface area contributed by atoms with Gasteiger partial charge in [-0.25, -0.2) is 0 Å². The van der Waals surface area contributed by atoms with Gasteiger partial charge in [0.2, 0.25) is 0 Å². The van der Waals surface area contributed by atoms with E-state index in [-0.39, 0.29) is 11.6 Å². The third-order valence-corrected chi connectivity index (χ3v) is 5.34. The third-order valence-electron chi connectivity index (χ3n) is 5.34. The van der Waals surface area contributed by atoms with Crippen molar-refractivity contribution in [3.05, 3.63) is 29.3 Å². The summed E-state index contributed by atoms with van der Waals surface area (Å²) >= 11 is 0. The number of benzene rings is 1. The minimum Gasteiger partial charge on any atom is -0.497 e. The Kier molecular flexibility index (Phi) is 3.00. The number of nitrogens with one attached hydrogen (secondary N) is 1. The van der Waals surface area contributed by atoms with Crippen LogP contribution in [0.5, 0.6) is 5.75 Å². The summed E-state index contributed by atoms with van der Waals surface area (Å²) in [5.74, 6) is 0.939. The predicted molar refractivity (Wildman–Crippen MR) is 78.1 cm³/mol. The van der Waals surface area contributed by atoms with Crippen molar-refractivity contribution in [3.63, 3.8) is 0 Å². The summed E-state index contributed by atoms with van der Waals surface area (Å²) in [6, 6.07) is 6.91. The van der Waals surface area contributed by atoms with Crippen molar-refractivity contribution < 1.29 is 9.47 Å². The van der Waals surface area contributed by atoms with Crippen molar-refractivity contribution in [1.82, 2.24) is 5.32 Å². The molecule has 3 nitrogen and oxygen atoms in total. The van der Waals surface area contributed by atoms with Crippen LogP contribution in [-0.4, -0.2) is 25.3 Å². The van der Waals surface area contributed by atoms with Gasteiger partial charge in [0.1, 0.15) is 5.75 Å². The van der Waals surface area contributed by atoms with Crippen LogP contribution in [0.15, 0.2) is 18.2 Å². The molecule has 0 radical (unpaired) electrons. The highest BCUT2D eigenvalue weighted by Gasteiger charge is 2.44. The lowest BCUT2D eigenvalue weighted by molar-refractivity contribution is -0.0691. The standard InChI is InChI=1S/C17H23NO2/c1-19-13-6-4-12-5-7-15-16(14(12)10-13)20-11-17(18-15)8-2-3-9-17/h4,6,10,15-16,18H,2-3,5,7-9,11H2,1H3. The van der Waals surface area contributed by atoms with Crippen LogP contribution in [0.3, 0.4) is 0 Å². The van der Waals surface area contributed by atoms with Gasteiger partial charge in [-0.2, -0.15) is 0 Å². The topological polar surface area (TPSA) is 30.5 Å². The van der Waals surface area contributed by atoms with Gasteiger partial charge in [-0.05, 0) is 48.9 Å². The lowest BCUT2D eigenvalue weighted by Gasteiger charge is -2.46. The molecule has 1 spiro atoms. The summed E-state index contributed by atoms with van der Waals surface area (Å²) in [6.45, 7) is 0.866. The molecule has 1 heterocycles. The van der Waals surface area contributed by atoms with Crippen molar-refractivity contribution in [3.8, 4) is 5.75 Å². The molecular formula is C17H23NO2. The van der Waals surface area contributed by atoms with Crippen LogP contribution >= 0.6 is 0 Å². The molecule has 0 bridgehead atoms. The Balaban J connectivity index is 1.62. The smallest absolute Gasteiger partial charge is 0.119 e. The molecule has 3 heteroatoms. The fourth-order valence-electron chi connectivity index (χ4n) is 4.25. The number of rotatable bonds is 1. The SMILES string of the molecule is COc1ccc2c(c1)C1OCC3(CCCC3)NC1CC2. The van der Waals surface area contributed by atoms with E-state index >= 15 is 0 Å². The van der Waals surface area contributed by atoms with E-state index in [0.29, 0.717) is 6.04 Å². The summed E-state index contributed by atoms with van der Waals surface area (Å²) in [7, 11) is 1.73. The fourth-order valence-corrected chi connectivity index (χ4v) is 4.25. The first-order valence-electron chi connectivity index (χ1n) is 7.86. The molecule has 1 saturated carbocycles. The molecule has 1 aromatic carbocycles. The van der Waals surface area contributed by atoms with E-state index in [4.69, 9.17) is 9.47 Å². The minimum atomic E-state index is 0.208. The Morgan fingerprint density at radius 2 is 2.15 bits per heavy atom. The average molecular weight is 273 g/mol. The zero-order chi connectivity index (χ0) is 13.6. The van der Waals surface area contributed by atoms with E-state index in [9.17, 15) is 0 Å². The van der Waals surface area contributed by atoms with E-state index < -0.39 is 0 Å². The Labute approximate surface area is 120 Å². The maximum Gasteiger partial charge on any atom is 0.119 e. The number of hydrogen-bond donors (Lipinski definition) is 1. The fraction of sp³-hybridized carbons (Fsp3) is 0.647. The maximum atomic E-state index is 6.33. The largest absolute Gasteiger partial charge is 0.497 e. The maximum absolute atomic E-state index is 6.33. The Morgan fingerprint density at radius 3 is 2.95 bits per heavy atom. The van der Waals surface area contributed by atoms with Crippen LogP contribution in [0.1, 0.15) is 49.3 Å². The third kappa shape index (κ3) is 1.95. The Morgan fingerprint density at radius 1 is 1.30 bits per heavy atom. The second-order valence-electron chi connectivity index (χ2n) is 6.57. The van der Waals surface area contributed by atoms with Gasteiger partial charge in [-0.15, -0.1) is 0 Å². The number of ether oxygens (including phenoxy) is 2. The Hall–Kier alpha value is -1.06. The zero-order valence-corrected chi connectivity index (χ0v) is 12.2. The molecule has 1 aliphatic heterocycles. The molecule has 1 aromatic rings. The van der Waals surface area contributed by atoms with Gasteiger partial charge in [0.25, 0.3) is 0 Å². The number of methoxy groups -OCH3 is 1. The number of hydrogen-bond acceptors (Lipinski definition) is 3. The van der Waals surface area contributed by atoms with Crippen molar-refractivity contribution in [2.45, 2.75) is 56.2 Å². The summed E-state index contributed by atoms with van der Waals surface area (Å²) in [6.07, 6.45) is 7.79. The molecule has 20 heavy (non-hydrogen) atoms. The highest BCUT2D eigenvalue weighted by molar-refractivity contribution is 5.40. The lowest BCUT2D eigenvalue weighted by atomic mass is 9.82. The van der Waals surface area contributed by atoms with Gasteiger partial charge >= 0.3 is 0 Å². The Bertz CT molecular complexity index is 508. The number of fused-ring (bicyclic) bond motifs is 3. The van der Waals surface area contributed by atoms with Crippen LogP contribution < -0.4 is 10.1 Å². The van der Waals surface area contributed by atoms with Crippen LogP contribution in [-0.2, 0) is 11.2 Å². The first-order chi connectivity index (χ1) is 9.80. The van der Waals surface area contributed by atoms with Crippen LogP contribution in [0.25, 0.3) is 0 Å². The van der Waals surface area contributed by atoms with Gasteiger partial charge < -0.3 is 14.8 Å². The van der Waals surface area contributed by atoms with E-state index in [2.05, 4.69) is 23.5 Å². The van der Waals surface area contributed by atoms with Crippen molar-refractivity contribution in [1.29, 1.82) is 0 Å². The second kappa shape index (κ2) is 4.74. The molecule has 2 unspecified atom stereocenters. The minimum absolute atomic E-state index is 0.208. The molecule has 1 saturated heterocycles. The molecule has 2 fully saturated rings. The molecular weight excluding hydrogens is 250 g/mol. The van der Waals surface area contributed by atoms with Gasteiger partial charge in [0.05, 0.1) is 19.8 Å². The molecule has 2 atom stereocenters.